The number of rotatable bonds is 3. The third-order valence-electron chi connectivity index (χ3n) is 2.25. The molecule has 0 bridgehead atoms. The summed E-state index contributed by atoms with van der Waals surface area (Å²) in [5, 5.41) is 5.91. The molecule has 2 rings (SSSR count). The minimum atomic E-state index is 0.339. The Balaban J connectivity index is 2.39. The quantitative estimate of drug-likeness (QED) is 0.834. The maximum absolute atomic E-state index is 5.71. The summed E-state index contributed by atoms with van der Waals surface area (Å²) >= 11 is 6.56. The van der Waals surface area contributed by atoms with E-state index in [9.17, 15) is 0 Å². The lowest BCUT2D eigenvalue weighted by molar-refractivity contribution is 1.22. The molecule has 0 unspecified atom stereocenters. The first kappa shape index (κ1) is 11.9. The molecule has 4 nitrogen and oxygen atoms in total. The molecule has 0 aromatic carbocycles. The van der Waals surface area contributed by atoms with Crippen molar-refractivity contribution in [3.05, 3.63) is 34.5 Å². The number of thiazole rings is 1. The minimum Gasteiger partial charge on any atom is -0.389 e. The Morgan fingerprint density at radius 1 is 1.47 bits per heavy atom. The van der Waals surface area contributed by atoms with E-state index in [1.165, 1.54) is 11.3 Å². The fraction of sp³-hybridized carbons (Fsp3) is 0.182. The molecule has 0 aliphatic heterocycles. The molecule has 0 aliphatic carbocycles. The van der Waals surface area contributed by atoms with Crippen molar-refractivity contribution in [1.82, 2.24) is 9.97 Å². The van der Waals surface area contributed by atoms with Crippen LogP contribution in [0.5, 0.6) is 0 Å². The molecule has 88 valence electrons. The van der Waals surface area contributed by atoms with Crippen LogP contribution < -0.4 is 11.1 Å². The maximum Gasteiger partial charge on any atom is 0.188 e. The summed E-state index contributed by atoms with van der Waals surface area (Å²) in [7, 11) is 0. The fourth-order valence-electron chi connectivity index (χ4n) is 1.48. The molecule has 17 heavy (non-hydrogen) atoms. The van der Waals surface area contributed by atoms with Crippen molar-refractivity contribution in [2.45, 2.75) is 13.8 Å². The number of pyridine rings is 1. The van der Waals surface area contributed by atoms with Crippen LogP contribution in [0.3, 0.4) is 0 Å². The highest BCUT2D eigenvalue weighted by Gasteiger charge is 2.11. The van der Waals surface area contributed by atoms with Crippen LogP contribution >= 0.6 is 23.6 Å². The number of aromatic nitrogens is 2. The SMILES string of the molecule is Cc1csc(Nc2nccc(C)c2C(N)=S)n1. The van der Waals surface area contributed by atoms with E-state index in [0.29, 0.717) is 10.8 Å². The van der Waals surface area contributed by atoms with Gasteiger partial charge in [-0.25, -0.2) is 9.97 Å². The molecule has 2 aromatic rings. The summed E-state index contributed by atoms with van der Waals surface area (Å²) in [6, 6.07) is 1.88. The van der Waals surface area contributed by atoms with Gasteiger partial charge in [0.1, 0.15) is 10.8 Å². The first-order valence-corrected chi connectivity index (χ1v) is 6.31. The predicted octanol–water partition coefficient (Wildman–Crippen LogP) is 2.53. The van der Waals surface area contributed by atoms with E-state index in [1.54, 1.807) is 6.20 Å². The fourth-order valence-corrected chi connectivity index (χ4v) is 2.42. The standard InChI is InChI=1S/C11H12N4S2/c1-6-3-4-13-10(8(6)9(12)16)15-11-14-7(2)5-17-11/h3-5H,1-2H3,(H2,12,16)(H,13,14,15). The van der Waals surface area contributed by atoms with Crippen LogP contribution in [-0.4, -0.2) is 15.0 Å². The summed E-state index contributed by atoms with van der Waals surface area (Å²) in [5.41, 5.74) is 8.46. The summed E-state index contributed by atoms with van der Waals surface area (Å²) in [5.74, 6) is 0.659. The minimum absolute atomic E-state index is 0.339. The van der Waals surface area contributed by atoms with Gasteiger partial charge >= 0.3 is 0 Å². The lowest BCUT2D eigenvalue weighted by Crippen LogP contribution is -2.14. The van der Waals surface area contributed by atoms with E-state index in [2.05, 4.69) is 15.3 Å². The number of nitrogens with two attached hydrogens (primary N) is 1. The number of nitrogens with zero attached hydrogens (tertiary/aromatic N) is 2. The van der Waals surface area contributed by atoms with E-state index in [1.807, 2.05) is 25.3 Å². The van der Waals surface area contributed by atoms with Gasteiger partial charge in [-0.2, -0.15) is 0 Å². The number of hydrogen-bond donors (Lipinski definition) is 2. The van der Waals surface area contributed by atoms with E-state index in [4.69, 9.17) is 18.0 Å². The van der Waals surface area contributed by atoms with Gasteiger partial charge in [-0.1, -0.05) is 12.2 Å². The van der Waals surface area contributed by atoms with Crippen molar-refractivity contribution < 1.29 is 0 Å². The summed E-state index contributed by atoms with van der Waals surface area (Å²) in [4.78, 5) is 8.91. The molecule has 0 spiro atoms. The lowest BCUT2D eigenvalue weighted by Gasteiger charge is -2.10. The van der Waals surface area contributed by atoms with E-state index >= 15 is 0 Å². The largest absolute Gasteiger partial charge is 0.389 e. The van der Waals surface area contributed by atoms with Crippen molar-refractivity contribution >= 4 is 39.5 Å². The molecule has 0 saturated heterocycles. The molecule has 0 amide bonds. The highest BCUT2D eigenvalue weighted by Crippen LogP contribution is 2.23. The first-order chi connectivity index (χ1) is 8.08. The van der Waals surface area contributed by atoms with Crippen LogP contribution in [0.1, 0.15) is 16.8 Å². The van der Waals surface area contributed by atoms with Crippen LogP contribution in [0.15, 0.2) is 17.6 Å². The smallest absolute Gasteiger partial charge is 0.188 e. The topological polar surface area (TPSA) is 63.8 Å². The van der Waals surface area contributed by atoms with Gasteiger partial charge in [0.25, 0.3) is 0 Å². The molecule has 0 radical (unpaired) electrons. The van der Waals surface area contributed by atoms with Crippen molar-refractivity contribution in [3.63, 3.8) is 0 Å². The molecular weight excluding hydrogens is 252 g/mol. The molecule has 0 fully saturated rings. The third kappa shape index (κ3) is 2.59. The van der Waals surface area contributed by atoms with Crippen molar-refractivity contribution in [2.75, 3.05) is 5.32 Å². The zero-order valence-electron chi connectivity index (χ0n) is 9.52. The van der Waals surface area contributed by atoms with Gasteiger partial charge < -0.3 is 11.1 Å². The van der Waals surface area contributed by atoms with E-state index in [0.717, 1.165) is 22.0 Å². The van der Waals surface area contributed by atoms with Crippen LogP contribution in [-0.2, 0) is 0 Å². The molecular formula is C11H12N4S2. The van der Waals surface area contributed by atoms with Gasteiger partial charge in [0.15, 0.2) is 5.13 Å². The van der Waals surface area contributed by atoms with Crippen LogP contribution in [0.2, 0.25) is 0 Å². The van der Waals surface area contributed by atoms with Crippen molar-refractivity contribution in [3.8, 4) is 0 Å². The predicted molar refractivity (Wildman–Crippen MR) is 75.0 cm³/mol. The summed E-state index contributed by atoms with van der Waals surface area (Å²) < 4.78 is 0. The van der Waals surface area contributed by atoms with Crippen LogP contribution in [0.4, 0.5) is 10.9 Å². The number of aryl methyl sites for hydroxylation is 2. The molecule has 2 aromatic heterocycles. The van der Waals surface area contributed by atoms with Gasteiger partial charge in [0.05, 0.1) is 11.3 Å². The highest BCUT2D eigenvalue weighted by molar-refractivity contribution is 7.80. The number of nitrogens with one attached hydrogen (secondary N) is 1. The number of thiocarbonyl (C=S) groups is 1. The molecule has 2 heterocycles. The van der Waals surface area contributed by atoms with E-state index < -0.39 is 0 Å². The second-order valence-electron chi connectivity index (χ2n) is 3.63. The van der Waals surface area contributed by atoms with E-state index in [-0.39, 0.29) is 0 Å². The second kappa shape index (κ2) is 4.77. The number of anilines is 2. The average Bonchev–Trinajstić information content (AvgIpc) is 2.63. The Morgan fingerprint density at radius 3 is 2.82 bits per heavy atom. The van der Waals surface area contributed by atoms with Crippen LogP contribution in [0.25, 0.3) is 0 Å². The molecule has 0 aliphatic rings. The second-order valence-corrected chi connectivity index (χ2v) is 4.93. The van der Waals surface area contributed by atoms with Gasteiger partial charge in [0.2, 0.25) is 0 Å². The number of hydrogen-bond acceptors (Lipinski definition) is 5. The lowest BCUT2D eigenvalue weighted by atomic mass is 10.1. The normalized spacial score (nSPS) is 10.2. The Morgan fingerprint density at radius 2 is 2.24 bits per heavy atom. The van der Waals surface area contributed by atoms with Crippen molar-refractivity contribution in [1.29, 1.82) is 0 Å². The third-order valence-corrected chi connectivity index (χ3v) is 3.33. The zero-order chi connectivity index (χ0) is 12.4. The van der Waals surface area contributed by atoms with Gasteiger partial charge in [-0.05, 0) is 25.5 Å². The van der Waals surface area contributed by atoms with Gasteiger partial charge in [0, 0.05) is 11.6 Å². The Hall–Kier alpha value is -1.53. The monoisotopic (exact) mass is 264 g/mol. The van der Waals surface area contributed by atoms with Gasteiger partial charge in [-0.15, -0.1) is 11.3 Å². The maximum atomic E-state index is 5.71. The summed E-state index contributed by atoms with van der Waals surface area (Å²) in [6.07, 6.45) is 1.72. The van der Waals surface area contributed by atoms with Crippen LogP contribution in [0, 0.1) is 13.8 Å². The molecule has 6 heteroatoms. The molecule has 0 saturated carbocycles. The summed E-state index contributed by atoms with van der Waals surface area (Å²) in [6.45, 7) is 3.90. The Labute approximate surface area is 109 Å². The average molecular weight is 264 g/mol. The Kier molecular flexibility index (Phi) is 3.35. The Bertz CT molecular complexity index is 562. The molecule has 0 atom stereocenters. The zero-order valence-corrected chi connectivity index (χ0v) is 11.2. The first-order valence-electron chi connectivity index (χ1n) is 5.02. The van der Waals surface area contributed by atoms with Gasteiger partial charge in [-0.3, -0.25) is 0 Å². The molecule has 3 N–H and O–H groups in total. The highest BCUT2D eigenvalue weighted by atomic mass is 32.1. The van der Waals surface area contributed by atoms with Crippen molar-refractivity contribution in [2.24, 2.45) is 5.73 Å².